The van der Waals surface area contributed by atoms with Crippen LogP contribution in [0.5, 0.6) is 0 Å². The molecule has 1 aromatic rings. The maximum Gasteiger partial charge on any atom is 0.0545 e. The number of nitrogens with one attached hydrogen (secondary N) is 1. The van der Waals surface area contributed by atoms with Gasteiger partial charge in [-0.1, -0.05) is 26.8 Å². The molecule has 0 radical (unpaired) electrons. The highest BCUT2D eigenvalue weighted by atomic mass is 32.2. The highest BCUT2D eigenvalue weighted by molar-refractivity contribution is 7.85. The molecule has 0 aliphatic rings. The van der Waals surface area contributed by atoms with E-state index in [2.05, 4.69) is 39.9 Å². The molecule has 0 spiro atoms. The van der Waals surface area contributed by atoms with E-state index in [0.717, 1.165) is 4.90 Å². The minimum atomic E-state index is -0.941. The molecule has 0 aliphatic carbocycles. The summed E-state index contributed by atoms with van der Waals surface area (Å²) in [5.41, 5.74) is 2.57. The van der Waals surface area contributed by atoms with Crippen LogP contribution >= 0.6 is 0 Å². The lowest BCUT2D eigenvalue weighted by Gasteiger charge is -2.30. The Bertz CT molecular complexity index is 435. The zero-order valence-corrected chi connectivity index (χ0v) is 13.1. The van der Waals surface area contributed by atoms with E-state index in [1.165, 1.54) is 11.1 Å². The quantitative estimate of drug-likeness (QED) is 0.908. The predicted octanol–water partition coefficient (Wildman–Crippen LogP) is 3.05. The number of benzene rings is 1. The van der Waals surface area contributed by atoms with E-state index < -0.39 is 10.8 Å². The molecule has 0 fully saturated rings. The second-order valence-electron chi connectivity index (χ2n) is 5.97. The van der Waals surface area contributed by atoms with Gasteiger partial charge in [0.25, 0.3) is 0 Å². The third-order valence-corrected chi connectivity index (χ3v) is 4.87. The van der Waals surface area contributed by atoms with Gasteiger partial charge in [0.2, 0.25) is 0 Å². The fourth-order valence-electron chi connectivity index (χ4n) is 1.87. The second-order valence-corrected chi connectivity index (χ2v) is 7.46. The Kier molecular flexibility index (Phi) is 5.11. The zero-order chi connectivity index (χ0) is 13.9. The first-order valence-corrected chi connectivity index (χ1v) is 7.70. The average Bonchev–Trinajstić information content (AvgIpc) is 2.27. The first-order valence-electron chi connectivity index (χ1n) is 6.38. The molecule has 0 heterocycles. The van der Waals surface area contributed by atoms with Crippen LogP contribution in [0.3, 0.4) is 0 Å². The van der Waals surface area contributed by atoms with Crippen LogP contribution in [0.1, 0.15) is 31.9 Å². The van der Waals surface area contributed by atoms with Crippen LogP contribution in [0.25, 0.3) is 0 Å². The number of hydrogen-bond acceptors (Lipinski definition) is 2. The number of aryl methyl sites for hydroxylation is 2. The summed E-state index contributed by atoms with van der Waals surface area (Å²) in [6, 6.07) is 6.32. The molecule has 0 saturated carbocycles. The third kappa shape index (κ3) is 3.92. The van der Waals surface area contributed by atoms with Crippen molar-refractivity contribution in [1.82, 2.24) is 5.32 Å². The van der Waals surface area contributed by atoms with E-state index in [0.29, 0.717) is 5.75 Å². The molecule has 2 unspecified atom stereocenters. The van der Waals surface area contributed by atoms with Crippen molar-refractivity contribution < 1.29 is 4.21 Å². The molecule has 3 heteroatoms. The molecule has 0 bridgehead atoms. The van der Waals surface area contributed by atoms with Crippen LogP contribution in [0.4, 0.5) is 0 Å². The van der Waals surface area contributed by atoms with Crippen LogP contribution in [0.2, 0.25) is 0 Å². The number of rotatable bonds is 4. The van der Waals surface area contributed by atoms with Gasteiger partial charge >= 0.3 is 0 Å². The molecule has 2 nitrogen and oxygen atoms in total. The lowest BCUT2D eigenvalue weighted by molar-refractivity contribution is 0.304. The normalized spacial score (nSPS) is 15.4. The van der Waals surface area contributed by atoms with Crippen molar-refractivity contribution in [2.45, 2.75) is 45.6 Å². The Morgan fingerprint density at radius 3 is 2.28 bits per heavy atom. The van der Waals surface area contributed by atoms with Crippen molar-refractivity contribution in [2.24, 2.45) is 5.41 Å². The summed E-state index contributed by atoms with van der Waals surface area (Å²) in [5.74, 6) is 0.655. The summed E-state index contributed by atoms with van der Waals surface area (Å²) in [7, 11) is 0.997. The van der Waals surface area contributed by atoms with Gasteiger partial charge in [0.05, 0.1) is 10.8 Å². The van der Waals surface area contributed by atoms with Crippen LogP contribution in [-0.2, 0) is 10.8 Å². The van der Waals surface area contributed by atoms with E-state index in [-0.39, 0.29) is 11.5 Å². The molecule has 1 aromatic carbocycles. The molecule has 18 heavy (non-hydrogen) atoms. The Hall–Kier alpha value is -0.670. The van der Waals surface area contributed by atoms with Crippen molar-refractivity contribution in [3.63, 3.8) is 0 Å². The van der Waals surface area contributed by atoms with Gasteiger partial charge in [0.1, 0.15) is 0 Å². The smallest absolute Gasteiger partial charge is 0.0545 e. The number of hydrogen-bond donors (Lipinski definition) is 1. The molecule has 1 rings (SSSR count). The predicted molar refractivity (Wildman–Crippen MR) is 79.5 cm³/mol. The molecule has 0 amide bonds. The fourth-order valence-corrected chi connectivity index (χ4v) is 3.56. The second kappa shape index (κ2) is 5.98. The van der Waals surface area contributed by atoms with Crippen molar-refractivity contribution in [3.05, 3.63) is 29.3 Å². The highest BCUT2D eigenvalue weighted by Crippen LogP contribution is 2.22. The van der Waals surface area contributed by atoms with Crippen LogP contribution in [0, 0.1) is 19.3 Å². The van der Waals surface area contributed by atoms with Crippen molar-refractivity contribution >= 4 is 10.8 Å². The van der Waals surface area contributed by atoms with Crippen LogP contribution in [-0.4, -0.2) is 23.1 Å². The average molecular weight is 267 g/mol. The summed E-state index contributed by atoms with van der Waals surface area (Å²) in [6.45, 7) is 10.7. The maximum atomic E-state index is 12.4. The van der Waals surface area contributed by atoms with Gasteiger partial charge in [-0.05, 0) is 49.6 Å². The van der Waals surface area contributed by atoms with Crippen molar-refractivity contribution in [3.8, 4) is 0 Å². The Morgan fingerprint density at radius 2 is 1.83 bits per heavy atom. The SMILES string of the molecule is CNC(CS(=O)c1ccc(C)c(C)c1)C(C)(C)C. The van der Waals surface area contributed by atoms with Gasteiger partial charge < -0.3 is 5.32 Å². The topological polar surface area (TPSA) is 29.1 Å². The largest absolute Gasteiger partial charge is 0.316 e. The minimum Gasteiger partial charge on any atom is -0.316 e. The van der Waals surface area contributed by atoms with E-state index in [1.807, 2.05) is 25.2 Å². The standard InChI is InChI=1S/C15H25NOS/c1-11-7-8-13(9-12(11)2)18(17)10-14(16-6)15(3,4)5/h7-9,14,16H,10H2,1-6H3. The van der Waals surface area contributed by atoms with Gasteiger partial charge in [-0.3, -0.25) is 4.21 Å². The van der Waals surface area contributed by atoms with E-state index in [1.54, 1.807) is 0 Å². The van der Waals surface area contributed by atoms with Crippen LogP contribution in [0.15, 0.2) is 23.1 Å². The highest BCUT2D eigenvalue weighted by Gasteiger charge is 2.25. The molecule has 102 valence electrons. The summed E-state index contributed by atoms with van der Waals surface area (Å²) in [5, 5.41) is 3.28. The van der Waals surface area contributed by atoms with Crippen molar-refractivity contribution in [1.29, 1.82) is 0 Å². The molecule has 0 aromatic heterocycles. The van der Waals surface area contributed by atoms with E-state index in [4.69, 9.17) is 0 Å². The lowest BCUT2D eigenvalue weighted by Crippen LogP contribution is -2.42. The van der Waals surface area contributed by atoms with E-state index >= 15 is 0 Å². The maximum absolute atomic E-state index is 12.4. The van der Waals surface area contributed by atoms with Crippen LogP contribution < -0.4 is 5.32 Å². The first kappa shape index (κ1) is 15.4. The fraction of sp³-hybridized carbons (Fsp3) is 0.600. The molecule has 0 aliphatic heterocycles. The summed E-state index contributed by atoms with van der Waals surface area (Å²) in [4.78, 5) is 0.933. The summed E-state index contributed by atoms with van der Waals surface area (Å²) >= 11 is 0. The summed E-state index contributed by atoms with van der Waals surface area (Å²) < 4.78 is 12.4. The van der Waals surface area contributed by atoms with Gasteiger partial charge in [-0.25, -0.2) is 0 Å². The Morgan fingerprint density at radius 1 is 1.22 bits per heavy atom. The first-order chi connectivity index (χ1) is 8.25. The Labute approximate surface area is 114 Å². The molecular weight excluding hydrogens is 242 g/mol. The molecule has 0 saturated heterocycles. The Balaban J connectivity index is 2.85. The van der Waals surface area contributed by atoms with E-state index in [9.17, 15) is 4.21 Å². The molecular formula is C15H25NOS. The minimum absolute atomic E-state index is 0.115. The van der Waals surface area contributed by atoms with Gasteiger partial charge in [-0.2, -0.15) is 0 Å². The zero-order valence-electron chi connectivity index (χ0n) is 12.3. The molecule has 1 N–H and O–H groups in total. The monoisotopic (exact) mass is 267 g/mol. The van der Waals surface area contributed by atoms with Crippen molar-refractivity contribution in [2.75, 3.05) is 12.8 Å². The summed E-state index contributed by atoms with van der Waals surface area (Å²) in [6.07, 6.45) is 0. The third-order valence-electron chi connectivity index (χ3n) is 3.45. The lowest BCUT2D eigenvalue weighted by atomic mass is 9.88. The molecule has 2 atom stereocenters. The van der Waals surface area contributed by atoms with Gasteiger partial charge in [-0.15, -0.1) is 0 Å². The van der Waals surface area contributed by atoms with Gasteiger partial charge in [0.15, 0.2) is 0 Å². The van der Waals surface area contributed by atoms with Gasteiger partial charge in [0, 0.05) is 16.7 Å².